The maximum absolute atomic E-state index is 13.6. The molecule has 0 atom stereocenters. The van der Waals surface area contributed by atoms with Crippen LogP contribution in [0.4, 0.5) is 4.39 Å². The van der Waals surface area contributed by atoms with E-state index in [4.69, 9.17) is 9.84 Å². The zero-order valence-electron chi connectivity index (χ0n) is 11.8. The number of nitrogens with one attached hydrogen (secondary N) is 1. The van der Waals surface area contributed by atoms with Crippen molar-refractivity contribution in [3.63, 3.8) is 0 Å². The van der Waals surface area contributed by atoms with Gasteiger partial charge in [0.05, 0.1) is 12.2 Å². The molecule has 0 spiro atoms. The van der Waals surface area contributed by atoms with Crippen molar-refractivity contribution in [1.29, 1.82) is 0 Å². The number of hydrogen-bond acceptors (Lipinski definition) is 4. The Morgan fingerprint density at radius 2 is 2.05 bits per heavy atom. The van der Waals surface area contributed by atoms with Gasteiger partial charge in [0.25, 0.3) is 0 Å². The second-order valence-electron chi connectivity index (χ2n) is 4.94. The van der Waals surface area contributed by atoms with Crippen molar-refractivity contribution in [3.8, 4) is 0 Å². The molecule has 0 amide bonds. The van der Waals surface area contributed by atoms with E-state index in [2.05, 4.69) is 4.72 Å². The van der Waals surface area contributed by atoms with E-state index in [9.17, 15) is 12.8 Å². The lowest BCUT2D eigenvalue weighted by Crippen LogP contribution is -2.40. The van der Waals surface area contributed by atoms with E-state index in [1.165, 1.54) is 6.07 Å². The summed E-state index contributed by atoms with van der Waals surface area (Å²) >= 11 is 0. The molecule has 2 N–H and O–H groups in total. The van der Waals surface area contributed by atoms with E-state index in [0.717, 1.165) is 12.1 Å². The van der Waals surface area contributed by atoms with Crippen LogP contribution in [0.1, 0.15) is 26.3 Å². The van der Waals surface area contributed by atoms with Crippen LogP contribution in [0.25, 0.3) is 0 Å². The van der Waals surface area contributed by atoms with Crippen LogP contribution in [0.5, 0.6) is 0 Å². The minimum absolute atomic E-state index is 0.0198. The van der Waals surface area contributed by atoms with Gasteiger partial charge < -0.3 is 9.84 Å². The zero-order valence-corrected chi connectivity index (χ0v) is 12.6. The van der Waals surface area contributed by atoms with Crippen molar-refractivity contribution in [2.75, 3.05) is 13.2 Å². The molecular formula is C13H20FNO4S. The number of sulfonamides is 1. The minimum atomic E-state index is -3.99. The zero-order chi connectivity index (χ0) is 15.4. The Kier molecular flexibility index (Phi) is 5.64. The molecule has 0 aliphatic carbocycles. The molecule has 0 unspecified atom stereocenters. The summed E-state index contributed by atoms with van der Waals surface area (Å²) in [6.45, 7) is 5.39. The number of hydrogen-bond donors (Lipinski definition) is 2. The summed E-state index contributed by atoms with van der Waals surface area (Å²) in [6, 6.07) is 3.47. The van der Waals surface area contributed by atoms with Crippen molar-refractivity contribution in [2.24, 2.45) is 0 Å². The van der Waals surface area contributed by atoms with Crippen LogP contribution in [0.15, 0.2) is 23.1 Å². The molecule has 5 nitrogen and oxygen atoms in total. The molecule has 0 heterocycles. The smallest absolute Gasteiger partial charge is 0.243 e. The van der Waals surface area contributed by atoms with Crippen molar-refractivity contribution >= 4 is 10.0 Å². The highest BCUT2D eigenvalue weighted by molar-refractivity contribution is 7.89. The van der Waals surface area contributed by atoms with Crippen molar-refractivity contribution in [1.82, 2.24) is 4.72 Å². The van der Waals surface area contributed by atoms with Crippen molar-refractivity contribution < 1.29 is 22.7 Å². The monoisotopic (exact) mass is 305 g/mol. The molecule has 0 aliphatic heterocycles. The molecular weight excluding hydrogens is 285 g/mol. The van der Waals surface area contributed by atoms with Crippen LogP contribution in [0, 0.1) is 5.82 Å². The lowest BCUT2D eigenvalue weighted by atomic mass is 10.1. The first kappa shape index (κ1) is 17.0. The number of aliphatic hydroxyl groups excluding tert-OH is 1. The first-order chi connectivity index (χ1) is 9.22. The molecule has 0 saturated heterocycles. The molecule has 0 bridgehead atoms. The number of rotatable bonds is 7. The maximum Gasteiger partial charge on any atom is 0.243 e. The molecule has 0 radical (unpaired) electrons. The van der Waals surface area contributed by atoms with Crippen molar-refractivity contribution in [3.05, 3.63) is 29.6 Å². The van der Waals surface area contributed by atoms with E-state index in [1.54, 1.807) is 20.8 Å². The Bertz CT molecular complexity index is 557. The Hall–Kier alpha value is -1.02. The molecule has 1 aromatic rings. The highest BCUT2D eigenvalue weighted by atomic mass is 32.2. The second-order valence-corrected chi connectivity index (χ2v) is 6.68. The summed E-state index contributed by atoms with van der Waals surface area (Å²) in [5, 5.41) is 8.99. The third-order valence-electron chi connectivity index (χ3n) is 2.69. The predicted molar refractivity (Wildman–Crippen MR) is 73.2 cm³/mol. The number of aliphatic hydroxyl groups is 1. The van der Waals surface area contributed by atoms with Gasteiger partial charge in [-0.05, 0) is 38.5 Å². The molecule has 0 fully saturated rings. The van der Waals surface area contributed by atoms with Gasteiger partial charge in [0, 0.05) is 13.2 Å². The van der Waals surface area contributed by atoms with Gasteiger partial charge in [-0.2, -0.15) is 0 Å². The first-order valence-electron chi connectivity index (χ1n) is 6.25. The fourth-order valence-electron chi connectivity index (χ4n) is 1.64. The van der Waals surface area contributed by atoms with Crippen LogP contribution in [0.3, 0.4) is 0 Å². The standard InChI is InChI=1S/C13H20FNO4S/c1-4-19-13(2,3)9-15-20(17,18)12-7-10(8-16)5-6-11(12)14/h5-7,15-16H,4,8-9H2,1-3H3. The topological polar surface area (TPSA) is 75.6 Å². The van der Waals surface area contributed by atoms with E-state index < -0.39 is 26.3 Å². The molecule has 0 aliphatic rings. The quantitative estimate of drug-likeness (QED) is 0.798. The van der Waals surface area contributed by atoms with E-state index >= 15 is 0 Å². The van der Waals surface area contributed by atoms with Gasteiger partial charge in [-0.3, -0.25) is 0 Å². The SMILES string of the molecule is CCOC(C)(C)CNS(=O)(=O)c1cc(CO)ccc1F. The fraction of sp³-hybridized carbons (Fsp3) is 0.538. The third kappa shape index (κ3) is 4.52. The summed E-state index contributed by atoms with van der Waals surface area (Å²) in [4.78, 5) is -0.476. The molecule has 0 aromatic heterocycles. The molecule has 1 rings (SSSR count). The summed E-state index contributed by atoms with van der Waals surface area (Å²) in [5.74, 6) is -0.857. The highest BCUT2D eigenvalue weighted by Gasteiger charge is 2.24. The predicted octanol–water partition coefficient (Wildman–Crippen LogP) is 1.41. The fourth-order valence-corrected chi connectivity index (χ4v) is 2.96. The average Bonchev–Trinajstić information content (AvgIpc) is 2.37. The van der Waals surface area contributed by atoms with Gasteiger partial charge in [0.1, 0.15) is 10.7 Å². The maximum atomic E-state index is 13.6. The lowest BCUT2D eigenvalue weighted by Gasteiger charge is -2.24. The highest BCUT2D eigenvalue weighted by Crippen LogP contribution is 2.17. The second kappa shape index (κ2) is 6.62. The van der Waals surface area contributed by atoms with Crippen LogP contribution in [0.2, 0.25) is 0 Å². The Morgan fingerprint density at radius 3 is 2.60 bits per heavy atom. The Balaban J connectivity index is 2.94. The number of halogens is 1. The Labute approximate surface area is 118 Å². The molecule has 1 aromatic carbocycles. The molecule has 7 heteroatoms. The normalized spacial score (nSPS) is 12.7. The van der Waals surface area contributed by atoms with Crippen LogP contribution in [-0.2, 0) is 21.4 Å². The van der Waals surface area contributed by atoms with E-state index in [0.29, 0.717) is 12.2 Å². The third-order valence-corrected chi connectivity index (χ3v) is 4.11. The summed E-state index contributed by atoms with van der Waals surface area (Å²) in [5.41, 5.74) is -0.358. The van der Waals surface area contributed by atoms with Gasteiger partial charge >= 0.3 is 0 Å². The van der Waals surface area contributed by atoms with Gasteiger partial charge in [0.15, 0.2) is 0 Å². The summed E-state index contributed by atoms with van der Waals surface area (Å²) < 4.78 is 45.5. The largest absolute Gasteiger partial charge is 0.392 e. The van der Waals surface area contributed by atoms with Gasteiger partial charge in [-0.1, -0.05) is 6.07 Å². The van der Waals surface area contributed by atoms with Gasteiger partial charge in [0.2, 0.25) is 10.0 Å². The van der Waals surface area contributed by atoms with Crippen LogP contribution in [-0.4, -0.2) is 32.3 Å². The summed E-state index contributed by atoms with van der Waals surface area (Å²) in [6.07, 6.45) is 0. The van der Waals surface area contributed by atoms with Gasteiger partial charge in [-0.25, -0.2) is 17.5 Å². The van der Waals surface area contributed by atoms with Crippen molar-refractivity contribution in [2.45, 2.75) is 37.9 Å². The molecule has 0 saturated carbocycles. The van der Waals surface area contributed by atoms with Gasteiger partial charge in [-0.15, -0.1) is 0 Å². The minimum Gasteiger partial charge on any atom is -0.392 e. The Morgan fingerprint density at radius 1 is 1.40 bits per heavy atom. The number of ether oxygens (including phenoxy) is 1. The lowest BCUT2D eigenvalue weighted by molar-refractivity contribution is -0.00516. The first-order valence-corrected chi connectivity index (χ1v) is 7.73. The summed E-state index contributed by atoms with van der Waals surface area (Å²) in [7, 11) is -3.99. The van der Waals surface area contributed by atoms with E-state index in [-0.39, 0.29) is 13.2 Å². The number of benzene rings is 1. The van der Waals surface area contributed by atoms with Crippen LogP contribution >= 0.6 is 0 Å². The molecule has 20 heavy (non-hydrogen) atoms. The average molecular weight is 305 g/mol. The van der Waals surface area contributed by atoms with Crippen LogP contribution < -0.4 is 4.72 Å². The molecule has 114 valence electrons. The van der Waals surface area contributed by atoms with E-state index in [1.807, 2.05) is 0 Å².